The average molecular weight is 249 g/mol. The molecule has 0 spiro atoms. The summed E-state index contributed by atoms with van der Waals surface area (Å²) < 4.78 is 4.46. The van der Waals surface area contributed by atoms with Crippen LogP contribution in [0.5, 0.6) is 0 Å². The van der Waals surface area contributed by atoms with Crippen molar-refractivity contribution in [2.45, 2.75) is 0 Å². The maximum Gasteiger partial charge on any atom is 0.403 e. The summed E-state index contributed by atoms with van der Waals surface area (Å²) in [5, 5.41) is 0. The molecular formula is C10H7BrN3+. The zero-order valence-corrected chi connectivity index (χ0v) is 8.82. The highest BCUT2D eigenvalue weighted by molar-refractivity contribution is 9.11. The number of amidine groups is 1. The van der Waals surface area contributed by atoms with E-state index in [9.17, 15) is 0 Å². The summed E-state index contributed by atoms with van der Waals surface area (Å²) in [6, 6.07) is 9.68. The molecule has 2 rings (SSSR count). The Morgan fingerprint density at radius 1 is 1.29 bits per heavy atom. The predicted octanol–water partition coefficient (Wildman–Crippen LogP) is 0.820. The second-order valence-electron chi connectivity index (χ2n) is 2.73. The van der Waals surface area contributed by atoms with E-state index in [0.29, 0.717) is 16.2 Å². The minimum Gasteiger partial charge on any atom is -0.271 e. The Kier molecular flexibility index (Phi) is 2.33. The van der Waals surface area contributed by atoms with Gasteiger partial charge in [0.1, 0.15) is 0 Å². The molecule has 1 aliphatic rings. The molecule has 0 aliphatic carbocycles. The van der Waals surface area contributed by atoms with E-state index in [-0.39, 0.29) is 0 Å². The normalized spacial score (nSPS) is 14.5. The van der Waals surface area contributed by atoms with Crippen LogP contribution in [0.15, 0.2) is 39.9 Å². The van der Waals surface area contributed by atoms with Gasteiger partial charge < -0.3 is 0 Å². The van der Waals surface area contributed by atoms with Crippen LogP contribution >= 0.6 is 15.9 Å². The lowest BCUT2D eigenvalue weighted by atomic mass is 10.1. The molecule has 3 nitrogen and oxygen atoms in total. The van der Waals surface area contributed by atoms with Crippen molar-refractivity contribution in [2.24, 2.45) is 10.7 Å². The lowest BCUT2D eigenvalue weighted by molar-refractivity contribution is 1.48. The van der Waals surface area contributed by atoms with Crippen LogP contribution in [0.3, 0.4) is 0 Å². The third-order valence-corrected chi connectivity index (χ3v) is 2.12. The predicted molar refractivity (Wildman–Crippen MR) is 61.8 cm³/mol. The van der Waals surface area contributed by atoms with Crippen LogP contribution in [-0.2, 0) is 0 Å². The molecule has 4 heteroatoms. The number of benzene rings is 1. The van der Waals surface area contributed by atoms with E-state index in [4.69, 9.17) is 5.73 Å². The van der Waals surface area contributed by atoms with Crippen molar-refractivity contribution in [3.63, 3.8) is 0 Å². The number of aliphatic imine (C=N–C) groups is 1. The van der Waals surface area contributed by atoms with Gasteiger partial charge in [0.2, 0.25) is 10.5 Å². The maximum absolute atomic E-state index is 5.70. The van der Waals surface area contributed by atoms with Crippen LogP contribution in [-0.4, -0.2) is 17.4 Å². The quantitative estimate of drug-likeness (QED) is 0.581. The molecule has 0 amide bonds. The summed E-state index contributed by atoms with van der Waals surface area (Å²) in [4.78, 5) is 4.22. The van der Waals surface area contributed by atoms with Gasteiger partial charge in [0.05, 0.1) is 0 Å². The molecule has 0 saturated heterocycles. The van der Waals surface area contributed by atoms with Crippen LogP contribution in [0, 0.1) is 0 Å². The number of hydrogen-bond acceptors (Lipinski definition) is 2. The first kappa shape index (κ1) is 8.97. The lowest BCUT2D eigenvalue weighted by Gasteiger charge is -1.99. The average Bonchev–Trinajstić information content (AvgIpc) is 2.23. The molecule has 1 aliphatic heterocycles. The molecule has 2 N–H and O–H groups in total. The fourth-order valence-electron chi connectivity index (χ4n) is 1.15. The Morgan fingerprint density at radius 2 is 2.00 bits per heavy atom. The van der Waals surface area contributed by atoms with Gasteiger partial charge >= 0.3 is 5.84 Å². The van der Waals surface area contributed by atoms with Gasteiger partial charge in [0.15, 0.2) is 5.71 Å². The van der Waals surface area contributed by atoms with Crippen LogP contribution in [0.1, 0.15) is 5.56 Å². The summed E-state index contributed by atoms with van der Waals surface area (Å²) >= 11 is 3.21. The number of halogens is 1. The van der Waals surface area contributed by atoms with Crippen molar-refractivity contribution in [3.8, 4) is 0 Å². The van der Waals surface area contributed by atoms with E-state index in [1.165, 1.54) is 0 Å². The van der Waals surface area contributed by atoms with E-state index in [1.807, 2.05) is 30.3 Å². The number of rotatable bonds is 1. The molecule has 0 unspecified atom stereocenters. The van der Waals surface area contributed by atoms with Crippen LogP contribution in [0.25, 0.3) is 0 Å². The van der Waals surface area contributed by atoms with Crippen molar-refractivity contribution in [3.05, 3.63) is 40.5 Å². The highest BCUT2D eigenvalue weighted by atomic mass is 79.9. The van der Waals surface area contributed by atoms with Crippen LogP contribution in [0.4, 0.5) is 0 Å². The number of hydrogen-bond donors (Lipinski definition) is 1. The third-order valence-electron chi connectivity index (χ3n) is 1.77. The monoisotopic (exact) mass is 248 g/mol. The molecule has 1 aromatic rings. The largest absolute Gasteiger partial charge is 0.403 e. The van der Waals surface area contributed by atoms with Gasteiger partial charge in [-0.2, -0.15) is 0 Å². The number of nitrogens with zero attached hydrogens (tertiary/aromatic N) is 2. The molecule has 1 heterocycles. The van der Waals surface area contributed by atoms with E-state index >= 15 is 0 Å². The molecule has 0 atom stereocenters. The zero-order valence-electron chi connectivity index (χ0n) is 7.24. The van der Waals surface area contributed by atoms with Crippen molar-refractivity contribution in [1.82, 2.24) is 4.67 Å². The van der Waals surface area contributed by atoms with Gasteiger partial charge in [0.25, 0.3) is 0 Å². The van der Waals surface area contributed by atoms with E-state index in [2.05, 4.69) is 31.5 Å². The first-order chi connectivity index (χ1) is 6.77. The minimum atomic E-state index is 0.388. The minimum absolute atomic E-state index is 0.388. The Bertz CT molecular complexity index is 489. The lowest BCUT2D eigenvalue weighted by Crippen LogP contribution is -2.28. The fourth-order valence-corrected chi connectivity index (χ4v) is 1.41. The highest BCUT2D eigenvalue weighted by Crippen LogP contribution is 2.08. The molecule has 0 radical (unpaired) electrons. The van der Waals surface area contributed by atoms with Gasteiger partial charge in [-0.1, -0.05) is 30.3 Å². The maximum atomic E-state index is 5.70. The SMILES string of the molecule is NC1=[N+]=C=C(Br)N=C1c1ccccc1. The standard InChI is InChI=1S/C10H6BrN3/c11-8-6-13-10(12)9(14-8)7-4-2-1-3-5-7/h1-5,12H/p+1. The molecular weight excluding hydrogens is 242 g/mol. The van der Waals surface area contributed by atoms with Crippen molar-refractivity contribution in [2.75, 3.05) is 0 Å². The molecule has 0 bridgehead atoms. The Labute approximate surface area is 89.5 Å². The second-order valence-corrected chi connectivity index (χ2v) is 3.48. The smallest absolute Gasteiger partial charge is 0.271 e. The van der Waals surface area contributed by atoms with Gasteiger partial charge in [-0.3, -0.25) is 5.73 Å². The van der Waals surface area contributed by atoms with Gasteiger partial charge in [-0.05, 0) is 15.9 Å². The molecule has 68 valence electrons. The molecule has 0 fully saturated rings. The van der Waals surface area contributed by atoms with Crippen LogP contribution < -0.4 is 10.4 Å². The second kappa shape index (κ2) is 3.64. The fraction of sp³-hybridized carbons (Fsp3) is 0. The summed E-state index contributed by atoms with van der Waals surface area (Å²) in [6.45, 7) is 0. The summed E-state index contributed by atoms with van der Waals surface area (Å²) in [7, 11) is 0. The highest BCUT2D eigenvalue weighted by Gasteiger charge is 2.18. The van der Waals surface area contributed by atoms with E-state index in [1.54, 1.807) is 0 Å². The van der Waals surface area contributed by atoms with Crippen LogP contribution in [0.2, 0.25) is 0 Å². The Hall–Kier alpha value is -1.60. The summed E-state index contributed by atoms with van der Waals surface area (Å²) in [6.07, 6.45) is 0. The van der Waals surface area contributed by atoms with Crippen molar-refractivity contribution >= 4 is 33.3 Å². The number of nitrogens with two attached hydrogens (primary N) is 1. The van der Waals surface area contributed by atoms with Gasteiger partial charge in [-0.15, -0.1) is 4.67 Å². The van der Waals surface area contributed by atoms with Gasteiger partial charge in [0, 0.05) is 5.56 Å². The first-order valence-electron chi connectivity index (χ1n) is 4.03. The Balaban J connectivity index is 2.51. The molecule has 0 aromatic heterocycles. The Morgan fingerprint density at radius 3 is 2.71 bits per heavy atom. The topological polar surface area (TPSA) is 52.5 Å². The zero-order chi connectivity index (χ0) is 9.97. The first-order valence-corrected chi connectivity index (χ1v) is 4.83. The van der Waals surface area contributed by atoms with E-state index < -0.39 is 0 Å². The summed E-state index contributed by atoms with van der Waals surface area (Å²) in [5.74, 6) is 3.03. The molecule has 14 heavy (non-hydrogen) atoms. The van der Waals surface area contributed by atoms with E-state index in [0.717, 1.165) is 5.56 Å². The molecule has 1 aromatic carbocycles. The van der Waals surface area contributed by atoms with Crippen molar-refractivity contribution < 1.29 is 0 Å². The van der Waals surface area contributed by atoms with Crippen molar-refractivity contribution in [1.29, 1.82) is 0 Å². The molecule has 0 saturated carbocycles. The third kappa shape index (κ3) is 1.68. The summed E-state index contributed by atoms with van der Waals surface area (Å²) in [5.41, 5.74) is 7.32. The van der Waals surface area contributed by atoms with Gasteiger partial charge in [-0.25, -0.2) is 4.99 Å².